The molecule has 6 nitrogen and oxygen atoms in total. The maximum atomic E-state index is 12.2. The van der Waals surface area contributed by atoms with Crippen molar-refractivity contribution < 1.29 is 17.9 Å². The van der Waals surface area contributed by atoms with Crippen LogP contribution in [0.5, 0.6) is 5.75 Å². The van der Waals surface area contributed by atoms with Gasteiger partial charge in [-0.3, -0.25) is 9.10 Å². The average Bonchev–Trinajstić information content (AvgIpc) is 2.68. The maximum Gasteiger partial charge on any atom is 0.232 e. The molecule has 0 spiro atoms. The van der Waals surface area contributed by atoms with E-state index in [0.29, 0.717) is 25.3 Å². The zero-order chi connectivity index (χ0) is 20.4. The fourth-order valence-corrected chi connectivity index (χ4v) is 4.29. The topological polar surface area (TPSA) is 75.7 Å². The van der Waals surface area contributed by atoms with Crippen LogP contribution in [-0.4, -0.2) is 46.5 Å². The highest BCUT2D eigenvalue weighted by molar-refractivity contribution is 7.99. The van der Waals surface area contributed by atoms with Gasteiger partial charge in [-0.05, 0) is 36.9 Å². The van der Waals surface area contributed by atoms with Crippen LogP contribution in [0.2, 0.25) is 0 Å². The monoisotopic (exact) mass is 422 g/mol. The van der Waals surface area contributed by atoms with Crippen LogP contribution in [0.1, 0.15) is 12.8 Å². The second-order valence-electron chi connectivity index (χ2n) is 6.12. The molecule has 1 amide bonds. The summed E-state index contributed by atoms with van der Waals surface area (Å²) in [5.41, 5.74) is 0.647. The predicted molar refractivity (Wildman–Crippen MR) is 115 cm³/mol. The fourth-order valence-electron chi connectivity index (χ4n) is 2.65. The Labute approximate surface area is 171 Å². The van der Waals surface area contributed by atoms with Gasteiger partial charge in [-0.25, -0.2) is 8.42 Å². The molecule has 152 valence electrons. The number of amides is 1. The van der Waals surface area contributed by atoms with E-state index in [4.69, 9.17) is 4.74 Å². The number of rotatable bonds is 11. The Morgan fingerprint density at radius 3 is 2.46 bits per heavy atom. The van der Waals surface area contributed by atoms with Gasteiger partial charge in [-0.1, -0.05) is 30.3 Å². The molecular formula is C20H26N2O4S2. The normalized spacial score (nSPS) is 11.1. The summed E-state index contributed by atoms with van der Waals surface area (Å²) in [6.07, 6.45) is 3.77. The van der Waals surface area contributed by atoms with E-state index in [2.05, 4.69) is 5.32 Å². The summed E-state index contributed by atoms with van der Waals surface area (Å²) in [4.78, 5) is 12.9. The predicted octanol–water partition coefficient (Wildman–Crippen LogP) is 3.15. The number of nitrogens with zero attached hydrogens (tertiary/aromatic N) is 1. The highest BCUT2D eigenvalue weighted by Crippen LogP contribution is 2.30. The molecule has 0 saturated heterocycles. The summed E-state index contributed by atoms with van der Waals surface area (Å²) in [7, 11) is -3.43. The number of carbonyl (C=O) groups is 1. The van der Waals surface area contributed by atoms with Crippen molar-refractivity contribution in [2.24, 2.45) is 0 Å². The number of sulfonamides is 1. The molecular weight excluding hydrogens is 396 g/mol. The van der Waals surface area contributed by atoms with Crippen LogP contribution in [0, 0.1) is 0 Å². The van der Waals surface area contributed by atoms with Crippen LogP contribution in [0.4, 0.5) is 5.69 Å². The van der Waals surface area contributed by atoms with Gasteiger partial charge < -0.3 is 10.1 Å². The number of benzene rings is 2. The number of nitrogens with one attached hydrogen (secondary N) is 1. The van der Waals surface area contributed by atoms with Crippen LogP contribution in [0.3, 0.4) is 0 Å². The Morgan fingerprint density at radius 1 is 1.11 bits per heavy atom. The molecule has 0 aliphatic carbocycles. The third-order valence-corrected chi connectivity index (χ3v) is 5.92. The highest BCUT2D eigenvalue weighted by atomic mass is 32.2. The lowest BCUT2D eigenvalue weighted by molar-refractivity contribution is -0.121. The molecule has 28 heavy (non-hydrogen) atoms. The number of anilines is 1. The average molecular weight is 423 g/mol. The minimum atomic E-state index is -3.43. The molecule has 0 aromatic heterocycles. The Hall–Kier alpha value is -2.19. The van der Waals surface area contributed by atoms with Crippen LogP contribution < -0.4 is 14.4 Å². The van der Waals surface area contributed by atoms with Gasteiger partial charge in [-0.2, -0.15) is 0 Å². The molecule has 0 saturated carbocycles. The summed E-state index contributed by atoms with van der Waals surface area (Å²) < 4.78 is 31.3. The van der Waals surface area contributed by atoms with E-state index in [1.54, 1.807) is 6.07 Å². The Bertz CT molecular complexity index is 858. The van der Waals surface area contributed by atoms with Gasteiger partial charge in [0, 0.05) is 17.9 Å². The van der Waals surface area contributed by atoms with E-state index in [1.165, 1.54) is 22.3 Å². The molecule has 0 aliphatic heterocycles. The first-order valence-corrected chi connectivity index (χ1v) is 12.0. The lowest BCUT2D eigenvalue weighted by atomic mass is 10.2. The van der Waals surface area contributed by atoms with E-state index in [0.717, 1.165) is 10.6 Å². The first-order valence-electron chi connectivity index (χ1n) is 8.97. The van der Waals surface area contributed by atoms with Crippen molar-refractivity contribution in [2.75, 3.05) is 36.5 Å². The van der Waals surface area contributed by atoms with Crippen molar-refractivity contribution in [3.63, 3.8) is 0 Å². The van der Waals surface area contributed by atoms with Gasteiger partial charge in [0.15, 0.2) is 0 Å². The van der Waals surface area contributed by atoms with E-state index < -0.39 is 10.0 Å². The number of hydrogen-bond acceptors (Lipinski definition) is 5. The third kappa shape index (κ3) is 7.09. The molecule has 0 unspecified atom stereocenters. The first kappa shape index (κ1) is 22.1. The second kappa shape index (κ2) is 11.0. The molecule has 0 fully saturated rings. The van der Waals surface area contributed by atoms with Gasteiger partial charge in [0.1, 0.15) is 12.4 Å². The van der Waals surface area contributed by atoms with Gasteiger partial charge in [0.25, 0.3) is 0 Å². The summed E-state index contributed by atoms with van der Waals surface area (Å²) in [6, 6.07) is 16.8. The van der Waals surface area contributed by atoms with Crippen LogP contribution in [-0.2, 0) is 14.8 Å². The van der Waals surface area contributed by atoms with E-state index in [-0.39, 0.29) is 18.9 Å². The second-order valence-corrected chi connectivity index (χ2v) is 8.88. The number of thioether (sulfide) groups is 1. The Balaban J connectivity index is 1.79. The molecule has 2 aromatic rings. The maximum absolute atomic E-state index is 12.2. The number of ether oxygens (including phenoxy) is 1. The molecule has 0 aliphatic rings. The van der Waals surface area contributed by atoms with Crippen molar-refractivity contribution in [1.29, 1.82) is 0 Å². The molecule has 0 bridgehead atoms. The molecule has 1 N–H and O–H groups in total. The van der Waals surface area contributed by atoms with Gasteiger partial charge >= 0.3 is 0 Å². The van der Waals surface area contributed by atoms with Crippen LogP contribution in [0.15, 0.2) is 59.5 Å². The van der Waals surface area contributed by atoms with E-state index in [1.807, 2.05) is 54.8 Å². The van der Waals surface area contributed by atoms with Crippen molar-refractivity contribution in [3.8, 4) is 5.75 Å². The minimum absolute atomic E-state index is 0.122. The number of carbonyl (C=O) groups excluding carboxylic acids is 1. The summed E-state index contributed by atoms with van der Waals surface area (Å²) in [5, 5.41) is 2.79. The standard InChI is InChI=1S/C20H26N2O4S2/c1-27-19-12-7-6-11-18(19)22(28(2,24)25)15-8-13-20(23)21-14-16-26-17-9-4-3-5-10-17/h3-7,9-12H,8,13-16H2,1-2H3,(H,21,23). The highest BCUT2D eigenvalue weighted by Gasteiger charge is 2.20. The van der Waals surface area contributed by atoms with E-state index >= 15 is 0 Å². The summed E-state index contributed by atoms with van der Waals surface area (Å²) >= 11 is 1.49. The van der Waals surface area contributed by atoms with Crippen molar-refractivity contribution in [3.05, 3.63) is 54.6 Å². The SMILES string of the molecule is CSc1ccccc1N(CCCC(=O)NCCOc1ccccc1)S(C)(=O)=O. The zero-order valence-corrected chi connectivity index (χ0v) is 17.8. The van der Waals surface area contributed by atoms with E-state index in [9.17, 15) is 13.2 Å². The number of hydrogen-bond donors (Lipinski definition) is 1. The summed E-state index contributed by atoms with van der Waals surface area (Å²) in [5.74, 6) is 0.635. The zero-order valence-electron chi connectivity index (χ0n) is 16.1. The smallest absolute Gasteiger partial charge is 0.232 e. The molecule has 2 aromatic carbocycles. The minimum Gasteiger partial charge on any atom is -0.492 e. The fraction of sp³-hybridized carbons (Fsp3) is 0.350. The van der Waals surface area contributed by atoms with Gasteiger partial charge in [0.05, 0.1) is 18.5 Å². The van der Waals surface area contributed by atoms with Crippen molar-refractivity contribution in [1.82, 2.24) is 5.32 Å². The first-order chi connectivity index (χ1) is 13.4. The Morgan fingerprint density at radius 2 is 1.79 bits per heavy atom. The largest absolute Gasteiger partial charge is 0.492 e. The lowest BCUT2D eigenvalue weighted by Crippen LogP contribution is -2.33. The Kier molecular flexibility index (Phi) is 8.66. The quantitative estimate of drug-likeness (QED) is 0.445. The molecule has 2 rings (SSSR count). The van der Waals surface area contributed by atoms with Crippen molar-refractivity contribution in [2.45, 2.75) is 17.7 Å². The van der Waals surface area contributed by atoms with Crippen molar-refractivity contribution >= 4 is 33.4 Å². The summed E-state index contributed by atoms with van der Waals surface area (Å²) in [6.45, 7) is 1.04. The molecule has 0 radical (unpaired) electrons. The van der Waals surface area contributed by atoms with Gasteiger partial charge in [-0.15, -0.1) is 11.8 Å². The molecule has 8 heteroatoms. The molecule has 0 atom stereocenters. The van der Waals surface area contributed by atoms with Crippen LogP contribution >= 0.6 is 11.8 Å². The number of para-hydroxylation sites is 2. The van der Waals surface area contributed by atoms with Crippen LogP contribution in [0.25, 0.3) is 0 Å². The van der Waals surface area contributed by atoms with Gasteiger partial charge in [0.2, 0.25) is 15.9 Å². The third-order valence-electron chi connectivity index (χ3n) is 3.96. The lowest BCUT2D eigenvalue weighted by Gasteiger charge is -2.24. The molecule has 0 heterocycles.